The predicted molar refractivity (Wildman–Crippen MR) is 119 cm³/mol. The number of pyridine rings is 1. The fraction of sp³-hybridized carbons (Fsp3) is 0.0870. The number of nitrogens with one attached hydrogen (secondary N) is 1. The summed E-state index contributed by atoms with van der Waals surface area (Å²) in [6.07, 6.45) is 3.32. The highest BCUT2D eigenvalue weighted by Gasteiger charge is 2.15. The second-order valence-corrected chi connectivity index (χ2v) is 7.93. The van der Waals surface area contributed by atoms with Crippen molar-refractivity contribution in [3.8, 4) is 16.3 Å². The highest BCUT2D eigenvalue weighted by molar-refractivity contribution is 7.13. The van der Waals surface area contributed by atoms with E-state index in [2.05, 4.69) is 15.3 Å². The summed E-state index contributed by atoms with van der Waals surface area (Å²) in [5, 5.41) is 5.45. The van der Waals surface area contributed by atoms with Crippen LogP contribution in [0.3, 0.4) is 0 Å². The number of thiazole rings is 1. The second-order valence-electron chi connectivity index (χ2n) is 6.64. The highest BCUT2D eigenvalue weighted by atomic mass is 35.5. The van der Waals surface area contributed by atoms with Crippen LogP contribution in [0.2, 0.25) is 5.02 Å². The molecule has 31 heavy (non-hydrogen) atoms. The summed E-state index contributed by atoms with van der Waals surface area (Å²) >= 11 is 7.17. The van der Waals surface area contributed by atoms with Crippen LogP contribution in [0.15, 0.2) is 72.4 Å². The van der Waals surface area contributed by atoms with Gasteiger partial charge in [0.05, 0.1) is 0 Å². The van der Waals surface area contributed by atoms with Gasteiger partial charge >= 0.3 is 0 Å². The van der Waals surface area contributed by atoms with Crippen molar-refractivity contribution in [1.82, 2.24) is 15.3 Å². The van der Waals surface area contributed by atoms with Crippen LogP contribution < -0.4 is 10.1 Å². The van der Waals surface area contributed by atoms with Crippen molar-refractivity contribution in [3.63, 3.8) is 0 Å². The molecule has 156 valence electrons. The lowest BCUT2D eigenvalue weighted by Gasteiger charge is -2.08. The number of hydrogen-bond acceptors (Lipinski definition) is 5. The Morgan fingerprint density at radius 1 is 1.10 bits per heavy atom. The number of hydrogen-bond donors (Lipinski definition) is 1. The van der Waals surface area contributed by atoms with E-state index in [0.29, 0.717) is 27.9 Å². The summed E-state index contributed by atoms with van der Waals surface area (Å²) in [6.45, 7) is 0.639. The van der Waals surface area contributed by atoms with Gasteiger partial charge in [0.1, 0.15) is 28.9 Å². The minimum atomic E-state index is -0.471. The lowest BCUT2D eigenvalue weighted by atomic mass is 10.2. The van der Waals surface area contributed by atoms with Gasteiger partial charge in [-0.3, -0.25) is 9.78 Å². The van der Waals surface area contributed by atoms with Gasteiger partial charge < -0.3 is 10.1 Å². The molecular weight excluding hydrogens is 437 g/mol. The standard InChI is InChI=1S/C23H17ClFN3O2S/c24-17-3-1-2-16(10-17)13-30-18-4-5-19(20(25)11-18)23-28-21(14-31-23)22(29)27-12-15-6-8-26-9-7-15/h1-11,14H,12-13H2,(H,27,29). The van der Waals surface area contributed by atoms with Crippen molar-refractivity contribution in [2.75, 3.05) is 0 Å². The molecule has 4 rings (SSSR count). The molecular formula is C23H17ClFN3O2S. The van der Waals surface area contributed by atoms with E-state index in [9.17, 15) is 9.18 Å². The molecule has 2 aromatic carbocycles. The van der Waals surface area contributed by atoms with Gasteiger partial charge in [0.25, 0.3) is 5.91 Å². The number of amides is 1. The van der Waals surface area contributed by atoms with Gasteiger partial charge in [0.2, 0.25) is 0 Å². The van der Waals surface area contributed by atoms with Gasteiger partial charge in [-0.25, -0.2) is 9.37 Å². The van der Waals surface area contributed by atoms with Gasteiger partial charge in [-0.1, -0.05) is 23.7 Å². The fourth-order valence-corrected chi connectivity index (χ4v) is 3.87. The first-order valence-electron chi connectivity index (χ1n) is 9.38. The van der Waals surface area contributed by atoms with Crippen LogP contribution in [0, 0.1) is 5.82 Å². The molecule has 0 aliphatic rings. The fourth-order valence-electron chi connectivity index (χ4n) is 2.83. The smallest absolute Gasteiger partial charge is 0.271 e. The van der Waals surface area contributed by atoms with Crippen molar-refractivity contribution in [2.24, 2.45) is 0 Å². The normalized spacial score (nSPS) is 10.6. The number of halogens is 2. The van der Waals surface area contributed by atoms with E-state index in [1.807, 2.05) is 24.3 Å². The maximum absolute atomic E-state index is 14.7. The van der Waals surface area contributed by atoms with Gasteiger partial charge in [0.15, 0.2) is 0 Å². The van der Waals surface area contributed by atoms with Gasteiger partial charge in [-0.15, -0.1) is 11.3 Å². The van der Waals surface area contributed by atoms with E-state index >= 15 is 0 Å². The second kappa shape index (κ2) is 9.68. The zero-order valence-electron chi connectivity index (χ0n) is 16.2. The largest absolute Gasteiger partial charge is 0.489 e. The van der Waals surface area contributed by atoms with Crippen LogP contribution in [0.5, 0.6) is 5.75 Å². The molecule has 0 spiro atoms. The summed E-state index contributed by atoms with van der Waals surface area (Å²) in [7, 11) is 0. The Hall–Kier alpha value is -3.29. The molecule has 0 atom stereocenters. The van der Waals surface area contributed by atoms with E-state index in [1.54, 1.807) is 42.0 Å². The van der Waals surface area contributed by atoms with Crippen LogP contribution in [0.4, 0.5) is 4.39 Å². The topological polar surface area (TPSA) is 64.1 Å². The van der Waals surface area contributed by atoms with Crippen LogP contribution >= 0.6 is 22.9 Å². The quantitative estimate of drug-likeness (QED) is 0.401. The van der Waals surface area contributed by atoms with Crippen LogP contribution in [0.25, 0.3) is 10.6 Å². The van der Waals surface area contributed by atoms with Crippen molar-refractivity contribution < 1.29 is 13.9 Å². The molecule has 4 aromatic rings. The van der Waals surface area contributed by atoms with Gasteiger partial charge in [-0.2, -0.15) is 0 Å². The first-order chi connectivity index (χ1) is 15.1. The molecule has 2 heterocycles. The highest BCUT2D eigenvalue weighted by Crippen LogP contribution is 2.29. The SMILES string of the molecule is O=C(NCc1ccncc1)c1csc(-c2ccc(OCc3cccc(Cl)c3)cc2F)n1. The molecule has 0 unspecified atom stereocenters. The molecule has 0 radical (unpaired) electrons. The van der Waals surface area contributed by atoms with Crippen LogP contribution in [-0.4, -0.2) is 15.9 Å². The maximum Gasteiger partial charge on any atom is 0.271 e. The van der Waals surface area contributed by atoms with Crippen LogP contribution in [-0.2, 0) is 13.2 Å². The van der Waals surface area contributed by atoms with E-state index in [1.165, 1.54) is 17.4 Å². The molecule has 5 nitrogen and oxygen atoms in total. The Labute approximate surface area is 187 Å². The average molecular weight is 454 g/mol. The molecule has 1 amide bonds. The number of rotatable bonds is 7. The summed E-state index contributed by atoms with van der Waals surface area (Å²) in [5.41, 5.74) is 2.38. The maximum atomic E-state index is 14.7. The van der Waals surface area contributed by atoms with E-state index in [0.717, 1.165) is 11.1 Å². The molecule has 0 fully saturated rings. The molecule has 0 bridgehead atoms. The van der Waals surface area contributed by atoms with Gasteiger partial charge in [-0.05, 0) is 47.5 Å². The minimum Gasteiger partial charge on any atom is -0.489 e. The summed E-state index contributed by atoms with van der Waals surface area (Å²) in [6, 6.07) is 15.5. The Morgan fingerprint density at radius 2 is 1.94 bits per heavy atom. The van der Waals surface area contributed by atoms with Crippen LogP contribution in [0.1, 0.15) is 21.6 Å². The third-order valence-electron chi connectivity index (χ3n) is 4.40. The van der Waals surface area contributed by atoms with E-state index < -0.39 is 5.82 Å². The first kappa shape index (κ1) is 21.0. The van der Waals surface area contributed by atoms with E-state index in [-0.39, 0.29) is 18.2 Å². The number of aromatic nitrogens is 2. The molecule has 1 N–H and O–H groups in total. The zero-order chi connectivity index (χ0) is 21.6. The Bertz CT molecular complexity index is 1200. The lowest BCUT2D eigenvalue weighted by Crippen LogP contribution is -2.23. The summed E-state index contributed by atoms with van der Waals surface area (Å²) < 4.78 is 20.3. The molecule has 0 aliphatic carbocycles. The third-order valence-corrected chi connectivity index (χ3v) is 5.52. The Kier molecular flexibility index (Phi) is 6.54. The van der Waals surface area contributed by atoms with Crippen molar-refractivity contribution in [3.05, 3.63) is 100 Å². The average Bonchev–Trinajstić information content (AvgIpc) is 3.27. The third kappa shape index (κ3) is 5.45. The zero-order valence-corrected chi connectivity index (χ0v) is 17.8. The Balaban J connectivity index is 1.40. The molecule has 0 aliphatic heterocycles. The lowest BCUT2D eigenvalue weighted by molar-refractivity contribution is 0.0946. The number of nitrogens with zero attached hydrogens (tertiary/aromatic N) is 2. The number of benzene rings is 2. The summed E-state index contributed by atoms with van der Waals surface area (Å²) in [5.74, 6) is -0.393. The first-order valence-corrected chi connectivity index (χ1v) is 10.6. The predicted octanol–water partition coefficient (Wildman–Crippen LogP) is 5.51. The molecule has 8 heteroatoms. The van der Waals surface area contributed by atoms with Gasteiger partial charge in [0, 0.05) is 41.0 Å². The molecule has 0 saturated carbocycles. The Morgan fingerprint density at radius 3 is 2.71 bits per heavy atom. The number of ether oxygens (including phenoxy) is 1. The molecule has 2 aromatic heterocycles. The van der Waals surface area contributed by atoms with Crippen molar-refractivity contribution >= 4 is 28.8 Å². The number of carbonyl (C=O) groups excluding carboxylic acids is 1. The minimum absolute atomic E-state index is 0.245. The molecule has 0 saturated heterocycles. The van der Waals surface area contributed by atoms with E-state index in [4.69, 9.17) is 16.3 Å². The van der Waals surface area contributed by atoms with Crippen molar-refractivity contribution in [1.29, 1.82) is 0 Å². The van der Waals surface area contributed by atoms with Crippen molar-refractivity contribution in [2.45, 2.75) is 13.2 Å². The monoisotopic (exact) mass is 453 g/mol. The summed E-state index contributed by atoms with van der Waals surface area (Å²) in [4.78, 5) is 20.6. The number of carbonyl (C=O) groups is 1.